The van der Waals surface area contributed by atoms with Crippen LogP contribution in [0.2, 0.25) is 0 Å². The summed E-state index contributed by atoms with van der Waals surface area (Å²) in [6.07, 6.45) is 4.22. The van der Waals surface area contributed by atoms with Crippen LogP contribution in [0.25, 0.3) is 0 Å². The Morgan fingerprint density at radius 1 is 1.33 bits per heavy atom. The van der Waals surface area contributed by atoms with Crippen molar-refractivity contribution in [1.29, 1.82) is 0 Å². The highest BCUT2D eigenvalue weighted by molar-refractivity contribution is 5.21. The van der Waals surface area contributed by atoms with Crippen LogP contribution in [0.1, 0.15) is 40.0 Å². The molecule has 4 unspecified atom stereocenters. The van der Waals surface area contributed by atoms with Gasteiger partial charge in [0.05, 0.1) is 6.10 Å². The summed E-state index contributed by atoms with van der Waals surface area (Å²) >= 11 is 0. The number of likely N-dealkylation sites (N-methyl/N-ethyl adjacent to an activating group) is 2. The van der Waals surface area contributed by atoms with Crippen LogP contribution in [0.3, 0.4) is 0 Å². The number of likely N-dealkylation sites (tertiary alicyclic amines) is 1. The van der Waals surface area contributed by atoms with Crippen molar-refractivity contribution in [3.8, 4) is 0 Å². The van der Waals surface area contributed by atoms with Gasteiger partial charge in [-0.3, -0.25) is 4.90 Å². The average Bonchev–Trinajstić information content (AvgIpc) is 3.05. The second-order valence-corrected chi connectivity index (χ2v) is 8.07. The average molecular weight is 295 g/mol. The van der Waals surface area contributed by atoms with E-state index in [9.17, 15) is 0 Å². The first-order valence-electron chi connectivity index (χ1n) is 8.73. The van der Waals surface area contributed by atoms with Crippen molar-refractivity contribution in [2.75, 3.05) is 39.8 Å². The molecule has 21 heavy (non-hydrogen) atoms. The highest BCUT2D eigenvalue weighted by Gasteiger charge is 2.67. The molecule has 0 spiro atoms. The van der Waals surface area contributed by atoms with E-state index >= 15 is 0 Å². The summed E-state index contributed by atoms with van der Waals surface area (Å²) in [6.45, 7) is 12.4. The van der Waals surface area contributed by atoms with E-state index in [-0.39, 0.29) is 11.0 Å². The number of nitrogens with two attached hydrogens (primary N) is 1. The predicted octanol–water partition coefficient (Wildman–Crippen LogP) is 1.54. The van der Waals surface area contributed by atoms with Crippen LogP contribution in [0, 0.1) is 11.3 Å². The Bertz CT molecular complexity index is 386. The molecule has 122 valence electrons. The van der Waals surface area contributed by atoms with Crippen molar-refractivity contribution in [1.82, 2.24) is 9.80 Å². The van der Waals surface area contributed by atoms with Crippen LogP contribution in [0.15, 0.2) is 0 Å². The van der Waals surface area contributed by atoms with Gasteiger partial charge in [-0.15, -0.1) is 0 Å². The smallest absolute Gasteiger partial charge is 0.0691 e. The van der Waals surface area contributed by atoms with E-state index in [0.717, 1.165) is 32.2 Å². The fraction of sp³-hybridized carbons (Fsp3) is 1.00. The lowest BCUT2D eigenvalue weighted by Crippen LogP contribution is -2.78. The van der Waals surface area contributed by atoms with Gasteiger partial charge in [-0.2, -0.15) is 0 Å². The highest BCUT2D eigenvalue weighted by Crippen LogP contribution is 2.58. The zero-order valence-corrected chi connectivity index (χ0v) is 14.3. The molecule has 0 amide bonds. The molecule has 4 atom stereocenters. The molecule has 0 aromatic heterocycles. The Morgan fingerprint density at radius 3 is 2.81 bits per heavy atom. The third kappa shape index (κ3) is 2.35. The van der Waals surface area contributed by atoms with Crippen LogP contribution in [0.5, 0.6) is 0 Å². The standard InChI is InChI=1S/C17H33N3O/c1-5-20-9-6-7-13(20)11-19(4)12-17(18)14-8-10-21-15(14)16(17,2)3/h13-15H,5-12,18H2,1-4H3. The van der Waals surface area contributed by atoms with E-state index in [1.54, 1.807) is 0 Å². The molecule has 1 aliphatic carbocycles. The summed E-state index contributed by atoms with van der Waals surface area (Å²) < 4.78 is 5.91. The quantitative estimate of drug-likeness (QED) is 0.835. The van der Waals surface area contributed by atoms with E-state index < -0.39 is 0 Å². The first kappa shape index (κ1) is 15.7. The van der Waals surface area contributed by atoms with Gasteiger partial charge in [0, 0.05) is 42.6 Å². The number of rotatable bonds is 5. The maximum Gasteiger partial charge on any atom is 0.0691 e. The van der Waals surface area contributed by atoms with Gasteiger partial charge in [-0.1, -0.05) is 20.8 Å². The van der Waals surface area contributed by atoms with Crippen molar-refractivity contribution in [3.05, 3.63) is 0 Å². The molecule has 0 bridgehead atoms. The van der Waals surface area contributed by atoms with E-state index in [1.165, 1.54) is 25.9 Å². The van der Waals surface area contributed by atoms with Crippen molar-refractivity contribution < 1.29 is 4.74 Å². The first-order valence-corrected chi connectivity index (χ1v) is 8.73. The normalized spacial score (nSPS) is 42.3. The third-order valence-electron chi connectivity index (χ3n) is 6.62. The van der Waals surface area contributed by atoms with Crippen molar-refractivity contribution >= 4 is 0 Å². The minimum absolute atomic E-state index is 0.0848. The van der Waals surface area contributed by atoms with Crippen molar-refractivity contribution in [2.24, 2.45) is 17.1 Å². The SMILES string of the molecule is CCN1CCCC1CN(C)CC1(N)C2CCOC2C1(C)C. The fourth-order valence-electron chi connectivity index (χ4n) is 5.19. The lowest BCUT2D eigenvalue weighted by atomic mass is 9.48. The molecule has 4 nitrogen and oxygen atoms in total. The van der Waals surface area contributed by atoms with Crippen LogP contribution in [0.4, 0.5) is 0 Å². The molecule has 3 rings (SSSR count). The minimum atomic E-state index is -0.0848. The van der Waals surface area contributed by atoms with E-state index in [2.05, 4.69) is 37.6 Å². The molecule has 4 heteroatoms. The number of hydrogen-bond acceptors (Lipinski definition) is 4. The van der Waals surface area contributed by atoms with Gasteiger partial charge in [0.2, 0.25) is 0 Å². The summed E-state index contributed by atoms with van der Waals surface area (Å²) in [5.74, 6) is 0.556. The molecule has 2 N–H and O–H groups in total. The summed E-state index contributed by atoms with van der Waals surface area (Å²) in [7, 11) is 2.25. The Labute approximate surface area is 130 Å². The van der Waals surface area contributed by atoms with E-state index in [0.29, 0.717) is 12.0 Å². The summed E-state index contributed by atoms with van der Waals surface area (Å²) in [6, 6.07) is 0.724. The molecule has 2 aliphatic heterocycles. The van der Waals surface area contributed by atoms with Gasteiger partial charge in [0.25, 0.3) is 0 Å². The molecule has 0 radical (unpaired) electrons. The van der Waals surface area contributed by atoms with Crippen molar-refractivity contribution in [3.63, 3.8) is 0 Å². The van der Waals surface area contributed by atoms with Crippen LogP contribution >= 0.6 is 0 Å². The fourth-order valence-corrected chi connectivity index (χ4v) is 5.19. The Hall–Kier alpha value is -0.160. The molecular weight excluding hydrogens is 262 g/mol. The molecule has 0 aromatic rings. The summed E-state index contributed by atoms with van der Waals surface area (Å²) in [5, 5.41) is 0. The lowest BCUT2D eigenvalue weighted by Gasteiger charge is -2.63. The van der Waals surface area contributed by atoms with Gasteiger partial charge in [-0.05, 0) is 39.4 Å². The van der Waals surface area contributed by atoms with Crippen LogP contribution in [-0.2, 0) is 4.74 Å². The molecule has 3 fully saturated rings. The maximum atomic E-state index is 6.87. The Morgan fingerprint density at radius 2 is 2.10 bits per heavy atom. The number of ether oxygens (including phenoxy) is 1. The van der Waals surface area contributed by atoms with Gasteiger partial charge in [0.1, 0.15) is 0 Å². The number of hydrogen-bond donors (Lipinski definition) is 1. The summed E-state index contributed by atoms with van der Waals surface area (Å²) in [5.41, 5.74) is 6.89. The molecule has 2 heterocycles. The second-order valence-electron chi connectivity index (χ2n) is 8.07. The molecule has 2 saturated heterocycles. The predicted molar refractivity (Wildman–Crippen MR) is 86.3 cm³/mol. The zero-order chi connectivity index (χ0) is 15.3. The van der Waals surface area contributed by atoms with Gasteiger partial charge >= 0.3 is 0 Å². The maximum absolute atomic E-state index is 6.87. The molecule has 1 saturated carbocycles. The molecule has 0 aromatic carbocycles. The minimum Gasteiger partial charge on any atom is -0.377 e. The topological polar surface area (TPSA) is 41.7 Å². The van der Waals surface area contributed by atoms with E-state index in [4.69, 9.17) is 10.5 Å². The Balaban J connectivity index is 1.60. The molecule has 3 aliphatic rings. The highest BCUT2D eigenvalue weighted by atomic mass is 16.5. The van der Waals surface area contributed by atoms with Crippen molar-refractivity contribution in [2.45, 2.75) is 57.7 Å². The van der Waals surface area contributed by atoms with E-state index in [1.807, 2.05) is 0 Å². The lowest BCUT2D eigenvalue weighted by molar-refractivity contribution is -0.162. The monoisotopic (exact) mass is 295 g/mol. The Kier molecular flexibility index (Phi) is 4.11. The second kappa shape index (κ2) is 5.48. The van der Waals surface area contributed by atoms with Gasteiger partial charge < -0.3 is 15.4 Å². The summed E-state index contributed by atoms with van der Waals surface area (Å²) in [4.78, 5) is 5.10. The largest absolute Gasteiger partial charge is 0.377 e. The van der Waals surface area contributed by atoms with Crippen LogP contribution < -0.4 is 5.73 Å². The third-order valence-corrected chi connectivity index (χ3v) is 6.62. The number of nitrogens with zero attached hydrogens (tertiary/aromatic N) is 2. The first-order chi connectivity index (χ1) is 9.90. The number of fused-ring (bicyclic) bond motifs is 1. The van der Waals surface area contributed by atoms with Crippen LogP contribution in [-0.4, -0.2) is 67.3 Å². The van der Waals surface area contributed by atoms with Gasteiger partial charge in [-0.25, -0.2) is 0 Å². The van der Waals surface area contributed by atoms with Gasteiger partial charge in [0.15, 0.2) is 0 Å². The zero-order valence-electron chi connectivity index (χ0n) is 14.3. The molecular formula is C17H33N3O.